The first-order valence-corrected chi connectivity index (χ1v) is 8.87. The molecule has 4 N–H and O–H groups in total. The summed E-state index contributed by atoms with van der Waals surface area (Å²) >= 11 is 1.75. The van der Waals surface area contributed by atoms with Crippen LogP contribution >= 0.6 is 11.8 Å². The first-order valence-electron chi connectivity index (χ1n) is 6.17. The van der Waals surface area contributed by atoms with Crippen LogP contribution in [0.15, 0.2) is 29.2 Å². The first-order chi connectivity index (χ1) is 9.47. The zero-order valence-corrected chi connectivity index (χ0v) is 12.5. The summed E-state index contributed by atoms with van der Waals surface area (Å²) in [6.45, 7) is 1.21. The fourth-order valence-corrected chi connectivity index (χ4v) is 3.29. The molecule has 0 saturated carbocycles. The van der Waals surface area contributed by atoms with Gasteiger partial charge in [0.05, 0.1) is 10.9 Å². The molecule has 1 unspecified atom stereocenters. The third kappa shape index (κ3) is 4.20. The molecular formula is C12H17N3O3S2. The number of sulfonamides is 1. The molecule has 110 valence electrons. The molecule has 0 aromatic heterocycles. The lowest BCUT2D eigenvalue weighted by atomic mass is 10.2. The molecule has 0 radical (unpaired) electrons. The van der Waals surface area contributed by atoms with Crippen molar-refractivity contribution in [3.63, 3.8) is 0 Å². The van der Waals surface area contributed by atoms with Crippen molar-refractivity contribution in [2.24, 2.45) is 5.14 Å². The van der Waals surface area contributed by atoms with Gasteiger partial charge in [-0.3, -0.25) is 4.79 Å². The summed E-state index contributed by atoms with van der Waals surface area (Å²) in [5.74, 6) is 1.77. The van der Waals surface area contributed by atoms with E-state index in [1.807, 2.05) is 0 Å². The van der Waals surface area contributed by atoms with Gasteiger partial charge in [-0.2, -0.15) is 11.8 Å². The minimum absolute atomic E-state index is 0.0345. The maximum atomic E-state index is 11.9. The highest BCUT2D eigenvalue weighted by atomic mass is 32.2. The van der Waals surface area contributed by atoms with Crippen LogP contribution in [0.3, 0.4) is 0 Å². The van der Waals surface area contributed by atoms with E-state index in [0.717, 1.165) is 23.6 Å². The van der Waals surface area contributed by atoms with E-state index in [9.17, 15) is 13.2 Å². The average molecular weight is 315 g/mol. The monoisotopic (exact) mass is 315 g/mol. The normalized spacial score (nSPS) is 19.6. The quantitative estimate of drug-likeness (QED) is 0.705. The van der Waals surface area contributed by atoms with Crippen LogP contribution in [-0.4, -0.2) is 38.4 Å². The molecule has 0 bridgehead atoms. The summed E-state index contributed by atoms with van der Waals surface area (Å²) in [5, 5.41) is 11.0. The highest BCUT2D eigenvalue weighted by Crippen LogP contribution is 2.10. The molecule has 1 atom stereocenters. The summed E-state index contributed by atoms with van der Waals surface area (Å²) in [6, 6.07) is 6.00. The van der Waals surface area contributed by atoms with Crippen molar-refractivity contribution in [3.8, 4) is 0 Å². The second-order valence-electron chi connectivity index (χ2n) is 4.49. The first kappa shape index (κ1) is 15.3. The summed E-state index contributed by atoms with van der Waals surface area (Å²) < 4.78 is 22.2. The molecule has 1 aromatic rings. The number of benzene rings is 1. The Morgan fingerprint density at radius 1 is 1.40 bits per heavy atom. The van der Waals surface area contributed by atoms with Crippen molar-refractivity contribution < 1.29 is 13.2 Å². The third-order valence-corrected chi connectivity index (χ3v) is 4.95. The van der Waals surface area contributed by atoms with E-state index in [-0.39, 0.29) is 16.8 Å². The van der Waals surface area contributed by atoms with Gasteiger partial charge in [0.1, 0.15) is 0 Å². The summed E-state index contributed by atoms with van der Waals surface area (Å²) in [6.07, 6.45) is 0. The van der Waals surface area contributed by atoms with Crippen molar-refractivity contribution in [2.75, 3.05) is 18.1 Å². The largest absolute Gasteiger partial charge is 0.351 e. The number of hydrogen-bond donors (Lipinski definition) is 3. The van der Waals surface area contributed by atoms with Crippen LogP contribution in [0.4, 0.5) is 0 Å². The van der Waals surface area contributed by atoms with Crippen molar-refractivity contribution in [2.45, 2.75) is 17.5 Å². The van der Waals surface area contributed by atoms with Crippen LogP contribution < -0.4 is 15.8 Å². The molecular weight excluding hydrogens is 298 g/mol. The van der Waals surface area contributed by atoms with Crippen molar-refractivity contribution in [3.05, 3.63) is 29.8 Å². The second kappa shape index (κ2) is 6.57. The molecule has 1 heterocycles. The fourth-order valence-electron chi connectivity index (χ4n) is 1.84. The number of rotatable bonds is 4. The number of hydrogen-bond acceptors (Lipinski definition) is 5. The van der Waals surface area contributed by atoms with Crippen LogP contribution in [0.25, 0.3) is 0 Å². The molecule has 2 rings (SSSR count). The predicted octanol–water partition coefficient (Wildman–Crippen LogP) is -0.345. The van der Waals surface area contributed by atoms with E-state index < -0.39 is 10.0 Å². The van der Waals surface area contributed by atoms with Gasteiger partial charge in [-0.15, -0.1) is 0 Å². The number of nitrogens with one attached hydrogen (secondary N) is 2. The van der Waals surface area contributed by atoms with Gasteiger partial charge in [-0.1, -0.05) is 12.1 Å². The Morgan fingerprint density at radius 3 is 2.65 bits per heavy atom. The maximum absolute atomic E-state index is 11.9. The van der Waals surface area contributed by atoms with Gasteiger partial charge < -0.3 is 10.6 Å². The number of amides is 1. The molecule has 0 aliphatic carbocycles. The van der Waals surface area contributed by atoms with E-state index in [2.05, 4.69) is 10.6 Å². The second-order valence-corrected chi connectivity index (χ2v) is 7.20. The number of carbonyl (C=O) groups excluding carboxylic acids is 1. The molecule has 1 amide bonds. The third-order valence-electron chi connectivity index (χ3n) is 2.96. The smallest absolute Gasteiger partial charge is 0.238 e. The lowest BCUT2D eigenvalue weighted by Gasteiger charge is -2.22. The highest BCUT2D eigenvalue weighted by Gasteiger charge is 2.20. The molecule has 1 saturated heterocycles. The van der Waals surface area contributed by atoms with Gasteiger partial charge in [0, 0.05) is 24.6 Å². The minimum Gasteiger partial charge on any atom is -0.351 e. The Kier molecular flexibility index (Phi) is 5.03. The van der Waals surface area contributed by atoms with Crippen LogP contribution in [-0.2, 0) is 21.4 Å². The number of nitrogens with two attached hydrogens (primary N) is 1. The maximum Gasteiger partial charge on any atom is 0.238 e. The summed E-state index contributed by atoms with van der Waals surface area (Å²) in [7, 11) is -3.67. The zero-order valence-electron chi connectivity index (χ0n) is 10.8. The molecule has 0 spiro atoms. The predicted molar refractivity (Wildman–Crippen MR) is 78.8 cm³/mol. The SMILES string of the molecule is NS(=O)(=O)c1ccc(CNC(=O)C2CSCCN2)cc1. The minimum atomic E-state index is -3.67. The highest BCUT2D eigenvalue weighted by molar-refractivity contribution is 7.99. The Hall–Kier alpha value is -1.09. The molecule has 1 fully saturated rings. The van der Waals surface area contributed by atoms with Gasteiger partial charge in [0.25, 0.3) is 0 Å². The lowest BCUT2D eigenvalue weighted by Crippen LogP contribution is -2.48. The van der Waals surface area contributed by atoms with Crippen LogP contribution in [0.5, 0.6) is 0 Å². The lowest BCUT2D eigenvalue weighted by molar-refractivity contribution is -0.122. The Labute approximate surface area is 122 Å². The summed E-state index contributed by atoms with van der Waals surface area (Å²) in [5.41, 5.74) is 0.828. The van der Waals surface area contributed by atoms with Crippen molar-refractivity contribution in [1.82, 2.24) is 10.6 Å². The summed E-state index contributed by atoms with van der Waals surface area (Å²) in [4.78, 5) is 12.0. The molecule has 1 aliphatic heterocycles. The fraction of sp³-hybridized carbons (Fsp3) is 0.417. The van der Waals surface area contributed by atoms with E-state index in [1.54, 1.807) is 23.9 Å². The van der Waals surface area contributed by atoms with Crippen LogP contribution in [0.2, 0.25) is 0 Å². The molecule has 8 heteroatoms. The van der Waals surface area contributed by atoms with E-state index in [0.29, 0.717) is 6.54 Å². The van der Waals surface area contributed by atoms with Gasteiger partial charge in [0.2, 0.25) is 15.9 Å². The van der Waals surface area contributed by atoms with E-state index in [1.165, 1.54) is 12.1 Å². The van der Waals surface area contributed by atoms with E-state index in [4.69, 9.17) is 5.14 Å². The Morgan fingerprint density at radius 2 is 2.10 bits per heavy atom. The van der Waals surface area contributed by atoms with Gasteiger partial charge >= 0.3 is 0 Å². The van der Waals surface area contributed by atoms with E-state index >= 15 is 0 Å². The molecule has 20 heavy (non-hydrogen) atoms. The molecule has 6 nitrogen and oxygen atoms in total. The van der Waals surface area contributed by atoms with Crippen LogP contribution in [0, 0.1) is 0 Å². The molecule has 1 aliphatic rings. The number of thioether (sulfide) groups is 1. The van der Waals surface area contributed by atoms with Crippen molar-refractivity contribution in [1.29, 1.82) is 0 Å². The van der Waals surface area contributed by atoms with Gasteiger partial charge in [-0.05, 0) is 17.7 Å². The van der Waals surface area contributed by atoms with Gasteiger partial charge in [-0.25, -0.2) is 13.6 Å². The molecule has 1 aromatic carbocycles. The number of primary sulfonamides is 1. The van der Waals surface area contributed by atoms with Crippen LogP contribution in [0.1, 0.15) is 5.56 Å². The van der Waals surface area contributed by atoms with Gasteiger partial charge in [0.15, 0.2) is 0 Å². The van der Waals surface area contributed by atoms with Crippen molar-refractivity contribution >= 4 is 27.7 Å². The standard InChI is InChI=1S/C12H17N3O3S2/c13-20(17,18)10-3-1-9(2-4-10)7-15-12(16)11-8-19-6-5-14-11/h1-4,11,14H,5-8H2,(H,15,16)(H2,13,17,18). The topological polar surface area (TPSA) is 101 Å². The Balaban J connectivity index is 1.89. The average Bonchev–Trinajstić information content (AvgIpc) is 2.45. The number of carbonyl (C=O) groups is 1. The Bertz CT molecular complexity index is 566. The zero-order chi connectivity index (χ0) is 14.6.